The Bertz CT molecular complexity index is 789. The number of hydrogen-bond acceptors (Lipinski definition) is 4. The summed E-state index contributed by atoms with van der Waals surface area (Å²) in [5, 5.41) is 0.625. The van der Waals surface area contributed by atoms with Crippen molar-refractivity contribution in [2.45, 2.75) is 19.3 Å². The number of carbonyl (C=O) groups is 2. The minimum atomic E-state index is 0.0124. The van der Waals surface area contributed by atoms with Crippen molar-refractivity contribution >= 4 is 29.5 Å². The highest BCUT2D eigenvalue weighted by Gasteiger charge is 2.26. The second kappa shape index (κ2) is 8.53. The van der Waals surface area contributed by atoms with Gasteiger partial charge in [-0.3, -0.25) is 14.5 Å². The topological polar surface area (TPSA) is 53.1 Å². The van der Waals surface area contributed by atoms with Crippen molar-refractivity contribution in [2.24, 2.45) is 0 Å². The van der Waals surface area contributed by atoms with Gasteiger partial charge < -0.3 is 14.5 Å². The maximum absolute atomic E-state index is 13.0. The number of halogens is 1. The van der Waals surface area contributed by atoms with Crippen LogP contribution >= 0.6 is 11.6 Å². The number of carbonyl (C=O) groups excluding carboxylic acids is 2. The summed E-state index contributed by atoms with van der Waals surface area (Å²) in [7, 11) is 0. The van der Waals surface area contributed by atoms with E-state index in [1.165, 1.54) is 0 Å². The standard InChI is InChI=1S/C21H26ClN3O3/c22-18-4-5-19-16(13-18)12-17(15-28-19)21(27)25-9-3-6-23(10-11-25)14-20(26)24-7-1-2-8-24/h4-5,12-13H,1-3,6-11,14-15H2. The van der Waals surface area contributed by atoms with E-state index in [4.69, 9.17) is 16.3 Å². The molecule has 2 fully saturated rings. The van der Waals surface area contributed by atoms with Crippen molar-refractivity contribution in [3.63, 3.8) is 0 Å². The van der Waals surface area contributed by atoms with E-state index in [-0.39, 0.29) is 18.4 Å². The van der Waals surface area contributed by atoms with Crippen LogP contribution < -0.4 is 4.74 Å². The molecule has 0 aliphatic carbocycles. The summed E-state index contributed by atoms with van der Waals surface area (Å²) >= 11 is 6.06. The number of fused-ring (bicyclic) bond motifs is 1. The minimum Gasteiger partial charge on any atom is -0.488 e. The molecule has 2 amide bonds. The fourth-order valence-corrected chi connectivity index (χ4v) is 4.25. The van der Waals surface area contributed by atoms with Gasteiger partial charge in [0.1, 0.15) is 12.4 Å². The minimum absolute atomic E-state index is 0.0124. The summed E-state index contributed by atoms with van der Waals surface area (Å²) in [5.74, 6) is 0.982. The molecule has 3 heterocycles. The van der Waals surface area contributed by atoms with Gasteiger partial charge in [-0.15, -0.1) is 0 Å². The Labute approximate surface area is 170 Å². The maximum atomic E-state index is 13.0. The van der Waals surface area contributed by atoms with E-state index in [0.29, 0.717) is 30.2 Å². The third kappa shape index (κ3) is 4.33. The molecule has 0 saturated carbocycles. The van der Waals surface area contributed by atoms with Gasteiger partial charge in [-0.2, -0.15) is 0 Å². The Morgan fingerprint density at radius 2 is 1.75 bits per heavy atom. The van der Waals surface area contributed by atoms with Crippen LogP contribution in [0, 0.1) is 0 Å². The molecule has 7 heteroatoms. The zero-order valence-corrected chi connectivity index (χ0v) is 16.8. The van der Waals surface area contributed by atoms with E-state index >= 15 is 0 Å². The van der Waals surface area contributed by atoms with E-state index in [2.05, 4.69) is 4.90 Å². The van der Waals surface area contributed by atoms with Gasteiger partial charge in [0.2, 0.25) is 5.91 Å². The third-order valence-corrected chi connectivity index (χ3v) is 5.89. The van der Waals surface area contributed by atoms with Crippen LogP contribution in [0.5, 0.6) is 5.75 Å². The molecule has 0 bridgehead atoms. The molecule has 1 aromatic carbocycles. The lowest BCUT2D eigenvalue weighted by Gasteiger charge is -2.25. The number of rotatable bonds is 3. The SMILES string of the molecule is O=C(CN1CCCN(C(=O)C2=Cc3cc(Cl)ccc3OC2)CC1)N1CCCC1. The van der Waals surface area contributed by atoms with Crippen molar-refractivity contribution in [3.05, 3.63) is 34.4 Å². The lowest BCUT2D eigenvalue weighted by molar-refractivity contribution is -0.131. The van der Waals surface area contributed by atoms with Crippen LogP contribution in [0.2, 0.25) is 5.02 Å². The summed E-state index contributed by atoms with van der Waals surface area (Å²) < 4.78 is 5.73. The second-order valence-corrected chi connectivity index (χ2v) is 8.09. The average Bonchev–Trinajstić information content (AvgIpc) is 3.14. The molecule has 3 aliphatic heterocycles. The number of nitrogens with zero attached hydrogens (tertiary/aromatic N) is 3. The van der Waals surface area contributed by atoms with Crippen molar-refractivity contribution in [1.82, 2.24) is 14.7 Å². The van der Waals surface area contributed by atoms with Crippen LogP contribution in [0.3, 0.4) is 0 Å². The summed E-state index contributed by atoms with van der Waals surface area (Å²) in [4.78, 5) is 31.4. The number of benzene rings is 1. The highest BCUT2D eigenvalue weighted by molar-refractivity contribution is 6.30. The van der Waals surface area contributed by atoms with Crippen molar-refractivity contribution in [1.29, 1.82) is 0 Å². The molecule has 3 aliphatic rings. The number of likely N-dealkylation sites (tertiary alicyclic amines) is 1. The van der Waals surface area contributed by atoms with Crippen LogP contribution in [-0.2, 0) is 9.59 Å². The van der Waals surface area contributed by atoms with Crippen LogP contribution in [0.1, 0.15) is 24.8 Å². The van der Waals surface area contributed by atoms with E-state index in [1.54, 1.807) is 6.07 Å². The van der Waals surface area contributed by atoms with E-state index in [0.717, 1.165) is 56.8 Å². The predicted octanol–water partition coefficient (Wildman–Crippen LogP) is 2.27. The number of amides is 2. The van der Waals surface area contributed by atoms with Gasteiger partial charge in [0, 0.05) is 49.9 Å². The zero-order valence-electron chi connectivity index (χ0n) is 16.0. The number of hydrogen-bond donors (Lipinski definition) is 0. The Hall–Kier alpha value is -2.05. The molecule has 28 heavy (non-hydrogen) atoms. The molecular weight excluding hydrogens is 378 g/mol. The third-order valence-electron chi connectivity index (χ3n) is 5.65. The normalized spacial score (nSPS) is 20.2. The summed E-state index contributed by atoms with van der Waals surface area (Å²) in [5.41, 5.74) is 1.49. The average molecular weight is 404 g/mol. The van der Waals surface area contributed by atoms with E-state index in [1.807, 2.05) is 28.0 Å². The molecule has 4 rings (SSSR count). The molecule has 1 aromatic rings. The van der Waals surface area contributed by atoms with Gasteiger partial charge >= 0.3 is 0 Å². The highest BCUT2D eigenvalue weighted by Crippen LogP contribution is 2.29. The van der Waals surface area contributed by atoms with Crippen molar-refractivity contribution < 1.29 is 14.3 Å². The summed E-state index contributed by atoms with van der Waals surface area (Å²) in [6, 6.07) is 5.43. The molecule has 0 atom stereocenters. The molecule has 0 aromatic heterocycles. The molecular formula is C21H26ClN3O3. The highest BCUT2D eigenvalue weighted by atomic mass is 35.5. The fraction of sp³-hybridized carbons (Fsp3) is 0.524. The first-order valence-corrected chi connectivity index (χ1v) is 10.4. The largest absolute Gasteiger partial charge is 0.488 e. The van der Waals surface area contributed by atoms with E-state index < -0.39 is 0 Å². The molecule has 6 nitrogen and oxygen atoms in total. The first kappa shape index (κ1) is 19.3. The van der Waals surface area contributed by atoms with Crippen LogP contribution in [0.25, 0.3) is 6.08 Å². The monoisotopic (exact) mass is 403 g/mol. The van der Waals surface area contributed by atoms with Crippen LogP contribution in [0.15, 0.2) is 23.8 Å². The molecule has 0 spiro atoms. The molecule has 0 N–H and O–H groups in total. The quantitative estimate of drug-likeness (QED) is 0.777. The molecule has 2 saturated heterocycles. The molecule has 0 unspecified atom stereocenters. The van der Waals surface area contributed by atoms with Gasteiger partial charge in [0.05, 0.1) is 12.1 Å². The van der Waals surface area contributed by atoms with Crippen LogP contribution in [0.4, 0.5) is 0 Å². The first-order valence-electron chi connectivity index (χ1n) is 10.0. The lowest BCUT2D eigenvalue weighted by atomic mass is 10.1. The van der Waals surface area contributed by atoms with Crippen LogP contribution in [-0.4, -0.2) is 78.9 Å². The smallest absolute Gasteiger partial charge is 0.253 e. The van der Waals surface area contributed by atoms with Gasteiger partial charge in [0.15, 0.2) is 0 Å². The summed E-state index contributed by atoms with van der Waals surface area (Å²) in [6.07, 6.45) is 4.97. The lowest BCUT2D eigenvalue weighted by Crippen LogP contribution is -2.41. The van der Waals surface area contributed by atoms with Crippen molar-refractivity contribution in [2.75, 3.05) is 52.4 Å². The summed E-state index contributed by atoms with van der Waals surface area (Å²) in [6.45, 7) is 5.41. The van der Waals surface area contributed by atoms with Crippen molar-refractivity contribution in [3.8, 4) is 5.75 Å². The Balaban J connectivity index is 1.36. The Morgan fingerprint density at radius 3 is 2.57 bits per heavy atom. The molecule has 150 valence electrons. The van der Waals surface area contributed by atoms with Gasteiger partial charge in [0.25, 0.3) is 5.91 Å². The Kier molecular flexibility index (Phi) is 5.87. The number of ether oxygens (including phenoxy) is 1. The van der Waals surface area contributed by atoms with Gasteiger partial charge in [-0.1, -0.05) is 11.6 Å². The molecule has 0 radical (unpaired) electrons. The fourth-order valence-electron chi connectivity index (χ4n) is 4.06. The van der Waals surface area contributed by atoms with E-state index in [9.17, 15) is 9.59 Å². The predicted molar refractivity (Wildman–Crippen MR) is 108 cm³/mol. The Morgan fingerprint density at radius 1 is 0.964 bits per heavy atom. The van der Waals surface area contributed by atoms with Gasteiger partial charge in [-0.25, -0.2) is 0 Å². The maximum Gasteiger partial charge on any atom is 0.253 e. The zero-order chi connectivity index (χ0) is 19.5. The van der Waals surface area contributed by atoms with Gasteiger partial charge in [-0.05, 0) is 43.5 Å². The second-order valence-electron chi connectivity index (χ2n) is 7.65. The first-order chi connectivity index (χ1) is 13.6.